The van der Waals surface area contributed by atoms with E-state index in [0.717, 1.165) is 11.1 Å². The van der Waals surface area contributed by atoms with Gasteiger partial charge in [0, 0.05) is 10.4 Å². The zero-order valence-electron chi connectivity index (χ0n) is 16.2. The predicted molar refractivity (Wildman–Crippen MR) is 126 cm³/mol. The molecule has 2 aromatic heterocycles. The fourth-order valence-corrected chi connectivity index (χ4v) is 4.50. The Morgan fingerprint density at radius 3 is 2.39 bits per heavy atom. The first-order chi connectivity index (χ1) is 15.1. The van der Waals surface area contributed by atoms with Crippen LogP contribution in [0.4, 0.5) is 5.13 Å². The van der Waals surface area contributed by atoms with Gasteiger partial charge in [-0.25, -0.2) is 4.98 Å². The number of hydrogen-bond acceptors (Lipinski definition) is 5. The second-order valence-corrected chi connectivity index (χ2v) is 8.96. The molecule has 4 aromatic rings. The lowest BCUT2D eigenvalue weighted by Gasteiger charge is -2.20. The summed E-state index contributed by atoms with van der Waals surface area (Å²) < 4.78 is 0. The van der Waals surface area contributed by atoms with Crippen molar-refractivity contribution in [2.24, 2.45) is 0 Å². The number of thiazole rings is 1. The molecule has 2 N–H and O–H groups in total. The minimum Gasteiger partial charge on any atom is -0.345 e. The number of nitrogens with one attached hydrogen (secondary N) is 2. The number of anilines is 1. The molecule has 0 bridgehead atoms. The number of nitrogens with zero attached hydrogens (tertiary/aromatic N) is 1. The van der Waals surface area contributed by atoms with Crippen molar-refractivity contribution >= 4 is 51.2 Å². The zero-order chi connectivity index (χ0) is 21.6. The Bertz CT molecular complexity index is 1160. The summed E-state index contributed by atoms with van der Waals surface area (Å²) in [6.07, 6.45) is 0.113. The molecule has 0 radical (unpaired) electrons. The average Bonchev–Trinajstić information content (AvgIpc) is 3.46. The highest BCUT2D eigenvalue weighted by atomic mass is 35.5. The third-order valence-corrected chi connectivity index (χ3v) is 6.43. The molecule has 5 nitrogen and oxygen atoms in total. The van der Waals surface area contributed by atoms with Gasteiger partial charge in [-0.1, -0.05) is 60.1 Å². The molecule has 2 amide bonds. The van der Waals surface area contributed by atoms with Gasteiger partial charge in [0.05, 0.1) is 23.0 Å². The number of aromatic nitrogens is 1. The van der Waals surface area contributed by atoms with Crippen molar-refractivity contribution in [2.75, 3.05) is 5.32 Å². The topological polar surface area (TPSA) is 71.1 Å². The lowest BCUT2D eigenvalue weighted by Crippen LogP contribution is -2.30. The first-order valence-electron chi connectivity index (χ1n) is 9.47. The first kappa shape index (κ1) is 21.2. The molecular formula is C23H18ClN3O2S2. The third-order valence-electron chi connectivity index (χ3n) is 4.50. The Balaban J connectivity index is 1.44. The summed E-state index contributed by atoms with van der Waals surface area (Å²) in [5.41, 5.74) is 2.51. The maximum atomic E-state index is 12.8. The highest BCUT2D eigenvalue weighted by Gasteiger charge is 2.18. The van der Waals surface area contributed by atoms with E-state index in [-0.39, 0.29) is 24.3 Å². The van der Waals surface area contributed by atoms with Gasteiger partial charge in [-0.05, 0) is 34.7 Å². The van der Waals surface area contributed by atoms with Gasteiger partial charge in [-0.15, -0.1) is 22.7 Å². The van der Waals surface area contributed by atoms with Gasteiger partial charge >= 0.3 is 0 Å². The number of rotatable bonds is 7. The van der Waals surface area contributed by atoms with Crippen LogP contribution in [-0.4, -0.2) is 16.8 Å². The fourth-order valence-electron chi connectivity index (χ4n) is 3.05. The van der Waals surface area contributed by atoms with Crippen molar-refractivity contribution in [1.29, 1.82) is 0 Å². The molecule has 0 saturated carbocycles. The standard InChI is InChI=1S/C23H18ClN3O2S2/c24-17-10-8-16(9-11-17)21(15-5-2-1-3-6-15)26-20(28)13-18-14-31-23(25-18)27-22(29)19-7-4-12-30-19/h1-12,14,21H,13H2,(H,26,28)(H,25,27,29)/t21-/m1/s1. The van der Waals surface area contributed by atoms with E-state index in [2.05, 4.69) is 15.6 Å². The number of halogens is 1. The lowest BCUT2D eigenvalue weighted by molar-refractivity contribution is -0.121. The molecule has 8 heteroatoms. The van der Waals surface area contributed by atoms with Crippen molar-refractivity contribution in [3.8, 4) is 0 Å². The van der Waals surface area contributed by atoms with E-state index < -0.39 is 0 Å². The third kappa shape index (κ3) is 5.58. The van der Waals surface area contributed by atoms with Gasteiger partial charge in [-0.2, -0.15) is 0 Å². The summed E-state index contributed by atoms with van der Waals surface area (Å²) in [6.45, 7) is 0. The SMILES string of the molecule is O=C(Cc1csc(NC(=O)c2cccs2)n1)N[C@H](c1ccccc1)c1ccc(Cl)cc1. The molecule has 31 heavy (non-hydrogen) atoms. The lowest BCUT2D eigenvalue weighted by atomic mass is 9.98. The predicted octanol–water partition coefficient (Wildman–Crippen LogP) is 5.56. The number of carbonyl (C=O) groups excluding carboxylic acids is 2. The Labute approximate surface area is 192 Å². The summed E-state index contributed by atoms with van der Waals surface area (Å²) in [5, 5.41) is 10.6. The molecule has 2 heterocycles. The fraction of sp³-hybridized carbons (Fsp3) is 0.0870. The van der Waals surface area contributed by atoms with Gasteiger partial charge in [0.15, 0.2) is 5.13 Å². The number of thiophene rings is 1. The number of carbonyl (C=O) groups is 2. The molecule has 156 valence electrons. The van der Waals surface area contributed by atoms with Crippen molar-refractivity contribution in [3.63, 3.8) is 0 Å². The maximum absolute atomic E-state index is 12.8. The summed E-state index contributed by atoms with van der Waals surface area (Å²) in [7, 11) is 0. The second-order valence-electron chi connectivity index (χ2n) is 6.71. The first-order valence-corrected chi connectivity index (χ1v) is 11.6. The Morgan fingerprint density at radius 1 is 0.935 bits per heavy atom. The van der Waals surface area contributed by atoms with Crippen LogP contribution in [0.5, 0.6) is 0 Å². The van der Waals surface area contributed by atoms with Crippen LogP contribution in [0, 0.1) is 0 Å². The normalized spacial score (nSPS) is 11.6. The van der Waals surface area contributed by atoms with Crippen LogP contribution < -0.4 is 10.6 Å². The minimum atomic E-state index is -0.303. The molecule has 0 fully saturated rings. The highest BCUT2D eigenvalue weighted by molar-refractivity contribution is 7.14. The summed E-state index contributed by atoms with van der Waals surface area (Å²) >= 11 is 8.68. The van der Waals surface area contributed by atoms with Crippen LogP contribution in [0.25, 0.3) is 0 Å². The highest BCUT2D eigenvalue weighted by Crippen LogP contribution is 2.24. The summed E-state index contributed by atoms with van der Waals surface area (Å²) in [4.78, 5) is 30.0. The van der Waals surface area contributed by atoms with Crippen LogP contribution in [0.15, 0.2) is 77.5 Å². The second kappa shape index (κ2) is 9.87. The zero-order valence-corrected chi connectivity index (χ0v) is 18.6. The van der Waals surface area contributed by atoms with Crippen LogP contribution >= 0.6 is 34.3 Å². The van der Waals surface area contributed by atoms with E-state index in [1.165, 1.54) is 22.7 Å². The Kier molecular flexibility index (Phi) is 6.76. The van der Waals surface area contributed by atoms with E-state index in [4.69, 9.17) is 11.6 Å². The molecule has 0 saturated heterocycles. The van der Waals surface area contributed by atoms with Crippen molar-refractivity contribution in [3.05, 3.63) is 104 Å². The van der Waals surface area contributed by atoms with E-state index in [9.17, 15) is 9.59 Å². The summed E-state index contributed by atoms with van der Waals surface area (Å²) in [5.74, 6) is -0.363. The van der Waals surface area contributed by atoms with Gasteiger partial charge in [0.25, 0.3) is 5.91 Å². The Hall–Kier alpha value is -3.00. The largest absolute Gasteiger partial charge is 0.345 e. The molecule has 0 unspecified atom stereocenters. The minimum absolute atomic E-state index is 0.113. The molecule has 0 aliphatic heterocycles. The number of amides is 2. The van der Waals surface area contributed by atoms with Gasteiger partial charge in [0.1, 0.15) is 0 Å². The van der Waals surface area contributed by atoms with Crippen LogP contribution in [0.2, 0.25) is 5.02 Å². The van der Waals surface area contributed by atoms with E-state index in [1.807, 2.05) is 66.0 Å². The smallest absolute Gasteiger partial charge is 0.267 e. The van der Waals surface area contributed by atoms with Gasteiger partial charge in [0.2, 0.25) is 5.91 Å². The van der Waals surface area contributed by atoms with E-state index in [1.54, 1.807) is 11.4 Å². The van der Waals surface area contributed by atoms with Crippen LogP contribution in [0.3, 0.4) is 0 Å². The van der Waals surface area contributed by atoms with Crippen LogP contribution in [-0.2, 0) is 11.2 Å². The molecule has 0 aliphatic rings. The average molecular weight is 468 g/mol. The quantitative estimate of drug-likeness (QED) is 0.374. The molecule has 0 spiro atoms. The summed E-state index contributed by atoms with van der Waals surface area (Å²) in [6, 6.07) is 20.5. The number of benzene rings is 2. The molecule has 0 aliphatic carbocycles. The monoisotopic (exact) mass is 467 g/mol. The molecule has 4 rings (SSSR count). The van der Waals surface area contributed by atoms with Gasteiger partial charge in [-0.3, -0.25) is 14.9 Å². The van der Waals surface area contributed by atoms with Crippen molar-refractivity contribution in [2.45, 2.75) is 12.5 Å². The molecule has 1 atom stereocenters. The van der Waals surface area contributed by atoms with Crippen molar-refractivity contribution in [1.82, 2.24) is 10.3 Å². The van der Waals surface area contributed by atoms with Crippen LogP contribution in [0.1, 0.15) is 32.5 Å². The van der Waals surface area contributed by atoms with Crippen molar-refractivity contribution < 1.29 is 9.59 Å². The molecular weight excluding hydrogens is 450 g/mol. The molecule has 2 aromatic carbocycles. The number of hydrogen-bond donors (Lipinski definition) is 2. The van der Waals surface area contributed by atoms with Gasteiger partial charge < -0.3 is 5.32 Å². The van der Waals surface area contributed by atoms with E-state index in [0.29, 0.717) is 20.7 Å². The van der Waals surface area contributed by atoms with E-state index >= 15 is 0 Å². The Morgan fingerprint density at radius 2 is 1.68 bits per heavy atom. The maximum Gasteiger partial charge on any atom is 0.267 e.